The van der Waals surface area contributed by atoms with Crippen LogP contribution in [0.4, 0.5) is 5.69 Å². The molecule has 0 unspecified atom stereocenters. The molecule has 0 spiro atoms. The van der Waals surface area contributed by atoms with Crippen molar-refractivity contribution < 1.29 is 14.3 Å². The zero-order chi connectivity index (χ0) is 17.4. The Hall–Kier alpha value is -1.92. The minimum absolute atomic E-state index is 0.00592. The molecule has 0 radical (unpaired) electrons. The number of carbonyl (C=O) groups excluding carboxylic acids is 2. The van der Waals surface area contributed by atoms with Gasteiger partial charge in [-0.25, -0.2) is 0 Å². The van der Waals surface area contributed by atoms with Crippen LogP contribution >= 0.6 is 0 Å². The molecule has 0 aliphatic carbocycles. The summed E-state index contributed by atoms with van der Waals surface area (Å²) in [6, 6.07) is 7.68. The molecule has 24 heavy (non-hydrogen) atoms. The fourth-order valence-corrected chi connectivity index (χ4v) is 2.61. The fraction of sp³-hybridized carbons (Fsp3) is 0.556. The number of amides is 2. The molecule has 132 valence electrons. The van der Waals surface area contributed by atoms with Gasteiger partial charge in [0.05, 0.1) is 13.2 Å². The number of morpholine rings is 1. The molecular formula is C18H27N3O3. The summed E-state index contributed by atoms with van der Waals surface area (Å²) in [7, 11) is 0. The number of nitrogens with zero attached hydrogens (tertiary/aromatic N) is 2. The Morgan fingerprint density at radius 2 is 1.83 bits per heavy atom. The molecule has 0 aromatic heterocycles. The normalized spacial score (nSPS) is 15.1. The highest BCUT2D eigenvalue weighted by molar-refractivity contribution is 5.91. The van der Waals surface area contributed by atoms with E-state index < -0.39 is 0 Å². The fourth-order valence-electron chi connectivity index (χ4n) is 2.61. The molecule has 1 saturated heterocycles. The van der Waals surface area contributed by atoms with Crippen LogP contribution in [-0.2, 0) is 14.3 Å². The number of hydrogen-bond donors (Lipinski definition) is 1. The van der Waals surface area contributed by atoms with Gasteiger partial charge in [0, 0.05) is 51.8 Å². The van der Waals surface area contributed by atoms with E-state index in [1.165, 1.54) is 0 Å². The van der Waals surface area contributed by atoms with E-state index in [2.05, 4.69) is 10.2 Å². The number of hydrogen-bond acceptors (Lipinski definition) is 4. The van der Waals surface area contributed by atoms with Gasteiger partial charge < -0.3 is 15.0 Å². The standard InChI is InChI=1S/C18H27N3O3/c1-15-3-5-17(6-4-15)19-18(23)7-8-21(16(2)22)10-9-20-11-13-24-14-12-20/h3-6H,7-14H2,1-2H3,(H,19,23). The van der Waals surface area contributed by atoms with Gasteiger partial charge >= 0.3 is 0 Å². The minimum atomic E-state index is -0.0727. The highest BCUT2D eigenvalue weighted by Crippen LogP contribution is 2.09. The zero-order valence-corrected chi connectivity index (χ0v) is 14.6. The van der Waals surface area contributed by atoms with E-state index in [4.69, 9.17) is 4.74 Å². The van der Waals surface area contributed by atoms with Gasteiger partial charge in [0.1, 0.15) is 0 Å². The van der Waals surface area contributed by atoms with Crippen molar-refractivity contribution in [3.63, 3.8) is 0 Å². The zero-order valence-electron chi connectivity index (χ0n) is 14.6. The Morgan fingerprint density at radius 3 is 2.46 bits per heavy atom. The number of benzene rings is 1. The van der Waals surface area contributed by atoms with Gasteiger partial charge in [-0.15, -0.1) is 0 Å². The molecular weight excluding hydrogens is 306 g/mol. The number of anilines is 1. The van der Waals surface area contributed by atoms with Crippen LogP contribution in [0.2, 0.25) is 0 Å². The summed E-state index contributed by atoms with van der Waals surface area (Å²) < 4.78 is 5.32. The van der Waals surface area contributed by atoms with Gasteiger partial charge in [0.25, 0.3) is 0 Å². The molecule has 1 aromatic rings. The second kappa shape index (κ2) is 9.39. The third-order valence-corrected chi connectivity index (χ3v) is 4.18. The lowest BCUT2D eigenvalue weighted by Crippen LogP contribution is -2.43. The first-order valence-corrected chi connectivity index (χ1v) is 8.47. The Kier molecular flexibility index (Phi) is 7.21. The molecule has 1 N–H and O–H groups in total. The number of ether oxygens (including phenoxy) is 1. The topological polar surface area (TPSA) is 61.9 Å². The summed E-state index contributed by atoms with van der Waals surface area (Å²) in [5.74, 6) is -0.0668. The summed E-state index contributed by atoms with van der Waals surface area (Å²) in [4.78, 5) is 27.9. The Balaban J connectivity index is 1.74. The van der Waals surface area contributed by atoms with Gasteiger partial charge in [-0.3, -0.25) is 14.5 Å². The first kappa shape index (κ1) is 18.4. The molecule has 0 atom stereocenters. The summed E-state index contributed by atoms with van der Waals surface area (Å²) >= 11 is 0. The average molecular weight is 333 g/mol. The second-order valence-corrected chi connectivity index (χ2v) is 6.12. The van der Waals surface area contributed by atoms with Crippen LogP contribution in [0.25, 0.3) is 0 Å². The predicted octanol–water partition coefficient (Wildman–Crippen LogP) is 1.50. The van der Waals surface area contributed by atoms with Crippen molar-refractivity contribution in [2.24, 2.45) is 0 Å². The maximum absolute atomic E-state index is 12.1. The molecule has 1 heterocycles. The van der Waals surface area contributed by atoms with Crippen molar-refractivity contribution in [2.75, 3.05) is 51.3 Å². The smallest absolute Gasteiger partial charge is 0.226 e. The summed E-state index contributed by atoms with van der Waals surface area (Å²) in [6.45, 7) is 8.77. The first-order chi connectivity index (χ1) is 11.5. The van der Waals surface area contributed by atoms with E-state index in [-0.39, 0.29) is 11.8 Å². The van der Waals surface area contributed by atoms with Gasteiger partial charge in [-0.05, 0) is 19.1 Å². The third kappa shape index (κ3) is 6.29. The SMILES string of the molecule is CC(=O)N(CCC(=O)Nc1ccc(C)cc1)CCN1CCOCC1. The molecule has 1 aliphatic rings. The number of rotatable bonds is 7. The van der Waals surface area contributed by atoms with E-state index in [1.54, 1.807) is 11.8 Å². The van der Waals surface area contributed by atoms with Gasteiger partial charge in [-0.1, -0.05) is 17.7 Å². The van der Waals surface area contributed by atoms with Gasteiger partial charge in [0.2, 0.25) is 11.8 Å². The molecule has 6 heteroatoms. The Labute approximate surface area is 143 Å². The van der Waals surface area contributed by atoms with E-state index in [9.17, 15) is 9.59 Å². The molecule has 0 saturated carbocycles. The van der Waals surface area contributed by atoms with Crippen LogP contribution in [0.1, 0.15) is 18.9 Å². The highest BCUT2D eigenvalue weighted by atomic mass is 16.5. The molecule has 0 bridgehead atoms. The van der Waals surface area contributed by atoms with Crippen molar-refractivity contribution >= 4 is 17.5 Å². The van der Waals surface area contributed by atoms with Crippen LogP contribution in [0, 0.1) is 6.92 Å². The van der Waals surface area contributed by atoms with Crippen molar-refractivity contribution in [1.29, 1.82) is 0 Å². The maximum atomic E-state index is 12.1. The van der Waals surface area contributed by atoms with E-state index in [0.717, 1.165) is 44.1 Å². The van der Waals surface area contributed by atoms with Crippen LogP contribution in [0.15, 0.2) is 24.3 Å². The van der Waals surface area contributed by atoms with Gasteiger partial charge in [-0.2, -0.15) is 0 Å². The third-order valence-electron chi connectivity index (χ3n) is 4.18. The predicted molar refractivity (Wildman–Crippen MR) is 93.9 cm³/mol. The number of aryl methyl sites for hydroxylation is 1. The van der Waals surface area contributed by atoms with Crippen molar-refractivity contribution in [3.8, 4) is 0 Å². The van der Waals surface area contributed by atoms with Gasteiger partial charge in [0.15, 0.2) is 0 Å². The average Bonchev–Trinajstić information content (AvgIpc) is 2.57. The Morgan fingerprint density at radius 1 is 1.17 bits per heavy atom. The maximum Gasteiger partial charge on any atom is 0.226 e. The van der Waals surface area contributed by atoms with Crippen molar-refractivity contribution in [2.45, 2.75) is 20.3 Å². The second-order valence-electron chi connectivity index (χ2n) is 6.12. The number of nitrogens with one attached hydrogen (secondary N) is 1. The van der Waals surface area contributed by atoms with Crippen LogP contribution in [-0.4, -0.2) is 67.6 Å². The van der Waals surface area contributed by atoms with Crippen molar-refractivity contribution in [1.82, 2.24) is 9.80 Å². The molecule has 1 aliphatic heterocycles. The lowest BCUT2D eigenvalue weighted by Gasteiger charge is -2.29. The summed E-state index contributed by atoms with van der Waals surface area (Å²) in [5, 5.41) is 2.87. The molecule has 6 nitrogen and oxygen atoms in total. The van der Waals surface area contributed by atoms with E-state index in [1.807, 2.05) is 31.2 Å². The highest BCUT2D eigenvalue weighted by Gasteiger charge is 2.15. The molecule has 2 amide bonds. The lowest BCUT2D eigenvalue weighted by molar-refractivity contribution is -0.129. The van der Waals surface area contributed by atoms with E-state index in [0.29, 0.717) is 19.5 Å². The van der Waals surface area contributed by atoms with Crippen LogP contribution in [0.3, 0.4) is 0 Å². The first-order valence-electron chi connectivity index (χ1n) is 8.47. The number of carbonyl (C=O) groups is 2. The van der Waals surface area contributed by atoms with Crippen molar-refractivity contribution in [3.05, 3.63) is 29.8 Å². The lowest BCUT2D eigenvalue weighted by atomic mass is 10.2. The molecule has 2 rings (SSSR count). The van der Waals surface area contributed by atoms with Crippen LogP contribution in [0.5, 0.6) is 0 Å². The summed E-state index contributed by atoms with van der Waals surface area (Å²) in [5.41, 5.74) is 1.94. The molecule has 1 aromatic carbocycles. The minimum Gasteiger partial charge on any atom is -0.379 e. The monoisotopic (exact) mass is 333 g/mol. The largest absolute Gasteiger partial charge is 0.379 e. The molecule has 1 fully saturated rings. The Bertz CT molecular complexity index is 539. The summed E-state index contributed by atoms with van der Waals surface area (Å²) in [6.07, 6.45) is 0.302. The van der Waals surface area contributed by atoms with E-state index >= 15 is 0 Å². The van der Waals surface area contributed by atoms with Crippen LogP contribution < -0.4 is 5.32 Å². The quantitative estimate of drug-likeness (QED) is 0.821.